The number of nitrogens with two attached hydrogens (primary N) is 1. The molecule has 1 atom stereocenters. The van der Waals surface area contributed by atoms with E-state index in [0.29, 0.717) is 0 Å². The number of imide groups is 1. The number of hydrogen-bond acceptors (Lipinski definition) is 3. The van der Waals surface area contributed by atoms with Crippen molar-refractivity contribution >= 4 is 11.8 Å². The third kappa shape index (κ3) is 2.75. The number of aryl methyl sites for hydroxylation is 2. The summed E-state index contributed by atoms with van der Waals surface area (Å²) in [6, 6.07) is 5.75. The smallest absolute Gasteiger partial charge is 0.235 e. The first kappa shape index (κ1) is 14.7. The molecule has 0 aliphatic carbocycles. The lowest BCUT2D eigenvalue weighted by Crippen LogP contribution is -2.38. The highest BCUT2D eigenvalue weighted by Crippen LogP contribution is 2.32. The fourth-order valence-electron chi connectivity index (χ4n) is 2.74. The van der Waals surface area contributed by atoms with Crippen molar-refractivity contribution in [3.63, 3.8) is 0 Å². The van der Waals surface area contributed by atoms with Crippen LogP contribution in [0, 0.1) is 19.3 Å². The molecule has 1 unspecified atom stereocenters. The number of amides is 2. The predicted molar refractivity (Wildman–Crippen MR) is 78.0 cm³/mol. The largest absolute Gasteiger partial charge is 0.322 e. The lowest BCUT2D eigenvalue weighted by atomic mass is 9.92. The summed E-state index contributed by atoms with van der Waals surface area (Å²) >= 11 is 0. The molecule has 0 aromatic heterocycles. The van der Waals surface area contributed by atoms with Gasteiger partial charge in [-0.05, 0) is 19.4 Å². The van der Waals surface area contributed by atoms with Crippen LogP contribution in [0.3, 0.4) is 0 Å². The molecular weight excluding hydrogens is 252 g/mol. The molecule has 4 nitrogen and oxygen atoms in total. The van der Waals surface area contributed by atoms with Crippen LogP contribution in [0.1, 0.15) is 43.0 Å². The van der Waals surface area contributed by atoms with Crippen LogP contribution in [0.15, 0.2) is 18.2 Å². The van der Waals surface area contributed by atoms with E-state index in [4.69, 9.17) is 5.73 Å². The zero-order valence-electron chi connectivity index (χ0n) is 12.6. The number of likely N-dealkylation sites (tertiary alicyclic amines) is 1. The molecule has 1 aliphatic heterocycles. The number of carbonyl (C=O) groups is 2. The van der Waals surface area contributed by atoms with Crippen LogP contribution < -0.4 is 5.73 Å². The molecule has 20 heavy (non-hydrogen) atoms. The van der Waals surface area contributed by atoms with Crippen LogP contribution in [0.5, 0.6) is 0 Å². The van der Waals surface area contributed by atoms with Crippen molar-refractivity contribution < 1.29 is 9.59 Å². The van der Waals surface area contributed by atoms with Gasteiger partial charge in [-0.15, -0.1) is 0 Å². The highest BCUT2D eigenvalue weighted by atomic mass is 16.2. The second-order valence-electron chi connectivity index (χ2n) is 6.40. The van der Waals surface area contributed by atoms with Crippen molar-refractivity contribution in [3.05, 3.63) is 34.9 Å². The SMILES string of the molecule is Cc1cc(C)cc(C(N)CN2C(=O)CC(C)(C)C2=O)c1. The molecule has 1 fully saturated rings. The van der Waals surface area contributed by atoms with Gasteiger partial charge in [0, 0.05) is 19.0 Å². The molecule has 1 aromatic carbocycles. The molecule has 0 saturated carbocycles. The van der Waals surface area contributed by atoms with Crippen LogP contribution in [-0.4, -0.2) is 23.3 Å². The van der Waals surface area contributed by atoms with Gasteiger partial charge in [0.2, 0.25) is 11.8 Å². The molecule has 0 spiro atoms. The highest BCUT2D eigenvalue weighted by Gasteiger charge is 2.45. The maximum absolute atomic E-state index is 12.2. The third-order valence-corrected chi connectivity index (χ3v) is 3.77. The first-order valence-electron chi connectivity index (χ1n) is 6.89. The fourth-order valence-corrected chi connectivity index (χ4v) is 2.74. The quantitative estimate of drug-likeness (QED) is 0.858. The summed E-state index contributed by atoms with van der Waals surface area (Å²) in [6.07, 6.45) is 0.269. The Morgan fingerprint density at radius 2 is 1.75 bits per heavy atom. The highest BCUT2D eigenvalue weighted by molar-refractivity contribution is 6.05. The zero-order chi connectivity index (χ0) is 15.1. The van der Waals surface area contributed by atoms with E-state index in [1.807, 2.05) is 26.0 Å². The van der Waals surface area contributed by atoms with E-state index in [0.717, 1.165) is 16.7 Å². The van der Waals surface area contributed by atoms with E-state index >= 15 is 0 Å². The first-order chi connectivity index (χ1) is 9.20. The van der Waals surface area contributed by atoms with Crippen LogP contribution in [-0.2, 0) is 9.59 Å². The number of carbonyl (C=O) groups excluding carboxylic acids is 2. The second-order valence-corrected chi connectivity index (χ2v) is 6.40. The second kappa shape index (κ2) is 5.02. The number of rotatable bonds is 3. The van der Waals surface area contributed by atoms with E-state index in [-0.39, 0.29) is 30.8 Å². The molecule has 1 aliphatic rings. The predicted octanol–water partition coefficient (Wildman–Crippen LogP) is 2.09. The lowest BCUT2D eigenvalue weighted by molar-refractivity contribution is -0.141. The first-order valence-corrected chi connectivity index (χ1v) is 6.89. The van der Waals surface area contributed by atoms with Crippen LogP contribution in [0.4, 0.5) is 0 Å². The molecule has 2 rings (SSSR count). The maximum Gasteiger partial charge on any atom is 0.235 e. The van der Waals surface area contributed by atoms with Crippen molar-refractivity contribution in [1.82, 2.24) is 4.90 Å². The average molecular weight is 274 g/mol. The molecule has 0 bridgehead atoms. The van der Waals surface area contributed by atoms with Crippen molar-refractivity contribution in [3.8, 4) is 0 Å². The van der Waals surface area contributed by atoms with Crippen LogP contribution in [0.2, 0.25) is 0 Å². The summed E-state index contributed by atoms with van der Waals surface area (Å²) in [5.41, 5.74) is 8.82. The van der Waals surface area contributed by atoms with E-state index in [1.165, 1.54) is 4.90 Å². The van der Waals surface area contributed by atoms with Gasteiger partial charge in [0.15, 0.2) is 0 Å². The van der Waals surface area contributed by atoms with Gasteiger partial charge in [0.1, 0.15) is 0 Å². The van der Waals surface area contributed by atoms with Crippen molar-refractivity contribution in [2.24, 2.45) is 11.1 Å². The van der Waals surface area contributed by atoms with Gasteiger partial charge in [0.25, 0.3) is 0 Å². The Balaban J connectivity index is 2.18. The topological polar surface area (TPSA) is 63.4 Å². The Hall–Kier alpha value is -1.68. The summed E-state index contributed by atoms with van der Waals surface area (Å²) < 4.78 is 0. The minimum atomic E-state index is -0.598. The molecule has 2 amide bonds. The normalized spacial score (nSPS) is 19.6. The fraction of sp³-hybridized carbons (Fsp3) is 0.500. The van der Waals surface area contributed by atoms with Gasteiger partial charge in [-0.2, -0.15) is 0 Å². The van der Waals surface area contributed by atoms with E-state index in [9.17, 15) is 9.59 Å². The molecular formula is C16H22N2O2. The molecule has 1 saturated heterocycles. The lowest BCUT2D eigenvalue weighted by Gasteiger charge is -2.22. The monoisotopic (exact) mass is 274 g/mol. The number of nitrogens with zero attached hydrogens (tertiary/aromatic N) is 1. The zero-order valence-corrected chi connectivity index (χ0v) is 12.6. The van der Waals surface area contributed by atoms with Gasteiger partial charge in [-0.3, -0.25) is 14.5 Å². The number of hydrogen-bond donors (Lipinski definition) is 1. The maximum atomic E-state index is 12.2. The van der Waals surface area contributed by atoms with Crippen molar-refractivity contribution in [2.75, 3.05) is 6.54 Å². The number of benzene rings is 1. The van der Waals surface area contributed by atoms with Gasteiger partial charge in [-0.25, -0.2) is 0 Å². The van der Waals surface area contributed by atoms with E-state index in [1.54, 1.807) is 13.8 Å². The van der Waals surface area contributed by atoms with Crippen molar-refractivity contribution in [2.45, 2.75) is 40.2 Å². The van der Waals surface area contributed by atoms with E-state index < -0.39 is 5.41 Å². The Kier molecular flexibility index (Phi) is 3.69. The van der Waals surface area contributed by atoms with Crippen molar-refractivity contribution in [1.29, 1.82) is 0 Å². The summed E-state index contributed by atoms with van der Waals surface area (Å²) in [4.78, 5) is 25.4. The van der Waals surface area contributed by atoms with Gasteiger partial charge < -0.3 is 5.73 Å². The summed E-state index contributed by atoms with van der Waals surface area (Å²) in [5, 5.41) is 0. The van der Waals surface area contributed by atoms with Gasteiger partial charge in [-0.1, -0.05) is 43.2 Å². The third-order valence-electron chi connectivity index (χ3n) is 3.77. The Labute approximate surface area is 119 Å². The molecule has 2 N–H and O–H groups in total. The van der Waals surface area contributed by atoms with Crippen LogP contribution >= 0.6 is 0 Å². The Morgan fingerprint density at radius 1 is 1.20 bits per heavy atom. The molecule has 0 radical (unpaired) electrons. The molecule has 108 valence electrons. The summed E-state index contributed by atoms with van der Waals surface area (Å²) in [7, 11) is 0. The minimum Gasteiger partial charge on any atom is -0.322 e. The minimum absolute atomic E-state index is 0.123. The molecule has 1 aromatic rings. The standard InChI is InChI=1S/C16H22N2O2/c1-10-5-11(2)7-12(6-10)13(17)9-18-14(19)8-16(3,4)15(18)20/h5-7,13H,8-9,17H2,1-4H3. The Morgan fingerprint density at radius 3 is 2.20 bits per heavy atom. The average Bonchev–Trinajstić information content (AvgIpc) is 2.50. The van der Waals surface area contributed by atoms with Gasteiger partial charge >= 0.3 is 0 Å². The summed E-state index contributed by atoms with van der Waals surface area (Å²) in [5.74, 6) is -0.248. The van der Waals surface area contributed by atoms with Gasteiger partial charge in [0.05, 0.1) is 5.41 Å². The van der Waals surface area contributed by atoms with Crippen LogP contribution in [0.25, 0.3) is 0 Å². The molecule has 1 heterocycles. The summed E-state index contributed by atoms with van der Waals surface area (Å²) in [6.45, 7) is 7.88. The van der Waals surface area contributed by atoms with E-state index in [2.05, 4.69) is 6.07 Å². The molecule has 4 heteroatoms. The Bertz CT molecular complexity index is 543.